The lowest BCUT2D eigenvalue weighted by Gasteiger charge is -2.37. The van der Waals surface area contributed by atoms with Crippen molar-refractivity contribution in [1.29, 1.82) is 0 Å². The monoisotopic (exact) mass is 271 g/mol. The van der Waals surface area contributed by atoms with E-state index in [4.69, 9.17) is 4.74 Å². The van der Waals surface area contributed by atoms with Gasteiger partial charge in [-0.2, -0.15) is 0 Å². The van der Waals surface area contributed by atoms with E-state index in [9.17, 15) is 9.59 Å². The van der Waals surface area contributed by atoms with Crippen LogP contribution in [0.5, 0.6) is 0 Å². The Balaban J connectivity index is 2.57. The van der Waals surface area contributed by atoms with E-state index in [2.05, 4.69) is 29.2 Å². The number of ether oxygens (including phenoxy) is 1. The van der Waals surface area contributed by atoms with Crippen LogP contribution in [-0.4, -0.2) is 74.6 Å². The maximum Gasteiger partial charge on any atom is 0.329 e. The second-order valence-electron chi connectivity index (χ2n) is 5.30. The van der Waals surface area contributed by atoms with Gasteiger partial charge in [0.05, 0.1) is 7.11 Å². The highest BCUT2D eigenvalue weighted by atomic mass is 16.5. The fourth-order valence-electron chi connectivity index (χ4n) is 2.44. The zero-order valence-electron chi connectivity index (χ0n) is 12.3. The Labute approximate surface area is 115 Å². The standard InChI is InChI=1S/C13H25N3O3/c1-10(17)14-12(13(18)19-4)9-16-7-5-6-11(8-16)15(2)3/h11-12H,5-9H2,1-4H3,(H,14,17). The number of piperidine rings is 1. The third kappa shape index (κ3) is 5.16. The molecule has 1 fully saturated rings. The average Bonchev–Trinajstić information content (AvgIpc) is 2.36. The van der Waals surface area contributed by atoms with Crippen LogP contribution < -0.4 is 5.32 Å². The Kier molecular flexibility index (Phi) is 6.24. The number of methoxy groups -OCH3 is 1. The van der Waals surface area contributed by atoms with E-state index in [-0.39, 0.29) is 11.9 Å². The molecule has 110 valence electrons. The number of hydrogen-bond acceptors (Lipinski definition) is 5. The Bertz CT molecular complexity index is 320. The average molecular weight is 271 g/mol. The number of carbonyl (C=O) groups excluding carboxylic acids is 2. The highest BCUT2D eigenvalue weighted by Gasteiger charge is 2.27. The number of hydrogen-bond donors (Lipinski definition) is 1. The molecule has 1 saturated heterocycles. The first-order chi connectivity index (χ1) is 8.93. The molecule has 1 N–H and O–H groups in total. The minimum absolute atomic E-state index is 0.212. The molecule has 1 aliphatic rings. The van der Waals surface area contributed by atoms with Crippen LogP contribution in [0.2, 0.25) is 0 Å². The highest BCUT2D eigenvalue weighted by Crippen LogP contribution is 2.14. The third-order valence-electron chi connectivity index (χ3n) is 3.51. The minimum atomic E-state index is -0.580. The summed E-state index contributed by atoms with van der Waals surface area (Å²) in [6.45, 7) is 3.79. The van der Waals surface area contributed by atoms with Gasteiger partial charge in [0.15, 0.2) is 0 Å². The summed E-state index contributed by atoms with van der Waals surface area (Å²) in [6, 6.07) is -0.0761. The van der Waals surface area contributed by atoms with Crippen LogP contribution in [0.1, 0.15) is 19.8 Å². The molecule has 6 heteroatoms. The predicted molar refractivity (Wildman–Crippen MR) is 72.8 cm³/mol. The molecule has 0 aromatic rings. The van der Waals surface area contributed by atoms with E-state index >= 15 is 0 Å². The van der Waals surface area contributed by atoms with Crippen molar-refractivity contribution < 1.29 is 14.3 Å². The van der Waals surface area contributed by atoms with Crippen molar-refractivity contribution in [3.8, 4) is 0 Å². The Morgan fingerprint density at radius 2 is 2.16 bits per heavy atom. The lowest BCUT2D eigenvalue weighted by molar-refractivity contribution is -0.145. The molecule has 1 aliphatic heterocycles. The Hall–Kier alpha value is -1.14. The highest BCUT2D eigenvalue weighted by molar-refractivity contribution is 5.83. The molecule has 6 nitrogen and oxygen atoms in total. The Morgan fingerprint density at radius 3 is 2.68 bits per heavy atom. The minimum Gasteiger partial charge on any atom is -0.467 e. The second-order valence-corrected chi connectivity index (χ2v) is 5.30. The lowest BCUT2D eigenvalue weighted by Crippen LogP contribution is -2.53. The van der Waals surface area contributed by atoms with Gasteiger partial charge in [0, 0.05) is 26.1 Å². The number of amides is 1. The molecule has 0 aromatic carbocycles. The summed E-state index contributed by atoms with van der Waals surface area (Å²) < 4.78 is 4.74. The molecule has 0 bridgehead atoms. The zero-order chi connectivity index (χ0) is 14.4. The van der Waals surface area contributed by atoms with Crippen LogP contribution in [0.3, 0.4) is 0 Å². The zero-order valence-corrected chi connectivity index (χ0v) is 12.3. The van der Waals surface area contributed by atoms with Gasteiger partial charge in [0.1, 0.15) is 6.04 Å². The molecule has 2 unspecified atom stereocenters. The van der Waals surface area contributed by atoms with Crippen LogP contribution in [0.4, 0.5) is 0 Å². The summed E-state index contributed by atoms with van der Waals surface area (Å²) in [4.78, 5) is 27.2. The number of rotatable bonds is 5. The summed E-state index contributed by atoms with van der Waals surface area (Å²) in [6.07, 6.45) is 2.28. The Morgan fingerprint density at radius 1 is 1.47 bits per heavy atom. The molecule has 0 spiro atoms. The number of esters is 1. The number of likely N-dealkylation sites (N-methyl/N-ethyl adjacent to an activating group) is 1. The number of nitrogens with zero attached hydrogens (tertiary/aromatic N) is 2. The molecule has 1 amide bonds. The summed E-state index contributed by atoms with van der Waals surface area (Å²) >= 11 is 0. The van der Waals surface area contributed by atoms with Gasteiger partial charge in [0.25, 0.3) is 0 Å². The number of likely N-dealkylation sites (tertiary alicyclic amines) is 1. The van der Waals surface area contributed by atoms with Gasteiger partial charge < -0.3 is 15.0 Å². The fourth-order valence-corrected chi connectivity index (χ4v) is 2.44. The molecule has 2 atom stereocenters. The second kappa shape index (κ2) is 7.45. The fraction of sp³-hybridized carbons (Fsp3) is 0.846. The first-order valence-corrected chi connectivity index (χ1v) is 6.67. The van der Waals surface area contributed by atoms with E-state index in [0.717, 1.165) is 19.5 Å². The predicted octanol–water partition coefficient (Wildman–Crippen LogP) is -0.310. The van der Waals surface area contributed by atoms with Gasteiger partial charge in [-0.25, -0.2) is 4.79 Å². The normalized spacial score (nSPS) is 22.1. The lowest BCUT2D eigenvalue weighted by atomic mass is 10.0. The van der Waals surface area contributed by atoms with E-state index in [1.807, 2.05) is 0 Å². The SMILES string of the molecule is COC(=O)C(CN1CCCC(N(C)C)C1)NC(C)=O. The van der Waals surface area contributed by atoms with E-state index in [1.54, 1.807) is 0 Å². The third-order valence-corrected chi connectivity index (χ3v) is 3.51. The topological polar surface area (TPSA) is 61.9 Å². The van der Waals surface area contributed by atoms with Crippen molar-refractivity contribution in [1.82, 2.24) is 15.1 Å². The number of nitrogens with one attached hydrogen (secondary N) is 1. The molecule has 0 saturated carbocycles. The molecular weight excluding hydrogens is 246 g/mol. The van der Waals surface area contributed by atoms with Gasteiger partial charge in [-0.05, 0) is 33.5 Å². The molecule has 1 heterocycles. The smallest absolute Gasteiger partial charge is 0.329 e. The summed E-state index contributed by atoms with van der Waals surface area (Å²) in [5.74, 6) is -0.598. The van der Waals surface area contributed by atoms with Crippen molar-refractivity contribution in [2.24, 2.45) is 0 Å². The van der Waals surface area contributed by atoms with Gasteiger partial charge in [0.2, 0.25) is 5.91 Å². The van der Waals surface area contributed by atoms with Gasteiger partial charge in [-0.1, -0.05) is 0 Å². The van der Waals surface area contributed by atoms with E-state index in [1.165, 1.54) is 20.5 Å². The molecule has 19 heavy (non-hydrogen) atoms. The van der Waals surface area contributed by atoms with Crippen molar-refractivity contribution in [3.63, 3.8) is 0 Å². The quantitative estimate of drug-likeness (QED) is 0.695. The summed E-state index contributed by atoms with van der Waals surface area (Å²) in [7, 11) is 5.48. The maximum absolute atomic E-state index is 11.7. The van der Waals surface area contributed by atoms with E-state index < -0.39 is 6.04 Å². The summed E-state index contributed by atoms with van der Waals surface area (Å²) in [5.41, 5.74) is 0. The molecule has 0 radical (unpaired) electrons. The maximum atomic E-state index is 11.7. The van der Waals surface area contributed by atoms with Gasteiger partial charge in [-0.15, -0.1) is 0 Å². The van der Waals surface area contributed by atoms with Crippen LogP contribution in [0, 0.1) is 0 Å². The first kappa shape index (κ1) is 15.9. The van der Waals surface area contributed by atoms with Gasteiger partial charge in [-0.3, -0.25) is 9.69 Å². The number of carbonyl (C=O) groups is 2. The van der Waals surface area contributed by atoms with E-state index in [0.29, 0.717) is 12.6 Å². The van der Waals surface area contributed by atoms with Gasteiger partial charge >= 0.3 is 5.97 Å². The van der Waals surface area contributed by atoms with Crippen molar-refractivity contribution in [3.05, 3.63) is 0 Å². The molecule has 1 rings (SSSR count). The summed E-state index contributed by atoms with van der Waals surface area (Å²) in [5, 5.41) is 2.65. The molecule has 0 aliphatic carbocycles. The largest absolute Gasteiger partial charge is 0.467 e. The van der Waals surface area contributed by atoms with Crippen LogP contribution in [-0.2, 0) is 14.3 Å². The molecule has 0 aromatic heterocycles. The first-order valence-electron chi connectivity index (χ1n) is 6.67. The van der Waals surface area contributed by atoms with Crippen molar-refractivity contribution >= 4 is 11.9 Å². The van der Waals surface area contributed by atoms with Crippen LogP contribution in [0.15, 0.2) is 0 Å². The van der Waals surface area contributed by atoms with Crippen molar-refractivity contribution in [2.75, 3.05) is 40.8 Å². The van der Waals surface area contributed by atoms with Crippen LogP contribution in [0.25, 0.3) is 0 Å². The molecular formula is C13H25N3O3. The van der Waals surface area contributed by atoms with Crippen molar-refractivity contribution in [2.45, 2.75) is 31.8 Å². The van der Waals surface area contributed by atoms with Crippen LogP contribution >= 0.6 is 0 Å².